The highest BCUT2D eigenvalue weighted by Gasteiger charge is 2.03. The van der Waals surface area contributed by atoms with Gasteiger partial charge in [-0.05, 0) is 18.2 Å². The highest BCUT2D eigenvalue weighted by atomic mass is 32.2. The minimum absolute atomic E-state index is 0.154. The lowest BCUT2D eigenvalue weighted by molar-refractivity contribution is 0.493. The van der Waals surface area contributed by atoms with E-state index in [1.807, 2.05) is 6.07 Å². The molecule has 0 radical (unpaired) electrons. The van der Waals surface area contributed by atoms with Crippen molar-refractivity contribution in [2.75, 3.05) is 6.26 Å². The number of hydrogen-bond donors (Lipinski definition) is 0. The van der Waals surface area contributed by atoms with E-state index in [1.165, 1.54) is 12.1 Å². The first-order valence-electron chi connectivity index (χ1n) is 3.41. The molecule has 1 aromatic carbocycles. The van der Waals surface area contributed by atoms with E-state index < -0.39 is 10.1 Å². The fourth-order valence-corrected chi connectivity index (χ4v) is 1.25. The maximum atomic E-state index is 10.7. The van der Waals surface area contributed by atoms with Crippen molar-refractivity contribution in [3.8, 4) is 11.8 Å². The molecule has 13 heavy (non-hydrogen) atoms. The largest absolute Gasteiger partial charge is 0.383 e. The van der Waals surface area contributed by atoms with Gasteiger partial charge in [0.05, 0.1) is 17.9 Å². The Hall–Kier alpha value is -1.54. The van der Waals surface area contributed by atoms with Crippen molar-refractivity contribution in [1.29, 1.82) is 5.26 Å². The van der Waals surface area contributed by atoms with Gasteiger partial charge in [-0.3, -0.25) is 0 Å². The minimum Gasteiger partial charge on any atom is -0.383 e. The van der Waals surface area contributed by atoms with Crippen molar-refractivity contribution in [1.82, 2.24) is 0 Å². The fourth-order valence-electron chi connectivity index (χ4n) is 0.792. The second-order valence-corrected chi connectivity index (χ2v) is 4.00. The molecular weight excluding hydrogens is 190 g/mol. The van der Waals surface area contributed by atoms with E-state index in [0.29, 0.717) is 5.56 Å². The molecule has 0 aliphatic rings. The van der Waals surface area contributed by atoms with Crippen LogP contribution >= 0.6 is 0 Å². The molecule has 0 fully saturated rings. The lowest BCUT2D eigenvalue weighted by atomic mass is 10.2. The topological polar surface area (TPSA) is 67.2 Å². The summed E-state index contributed by atoms with van der Waals surface area (Å²) in [7, 11) is -3.51. The molecule has 0 N–H and O–H groups in total. The Kier molecular flexibility index (Phi) is 2.54. The van der Waals surface area contributed by atoms with E-state index in [9.17, 15) is 8.42 Å². The van der Waals surface area contributed by atoms with Gasteiger partial charge in [0.1, 0.15) is 5.75 Å². The summed E-state index contributed by atoms with van der Waals surface area (Å²) in [6.45, 7) is 0. The van der Waals surface area contributed by atoms with Crippen LogP contribution in [0.25, 0.3) is 0 Å². The zero-order chi connectivity index (χ0) is 9.90. The van der Waals surface area contributed by atoms with Gasteiger partial charge in [0.2, 0.25) is 0 Å². The maximum Gasteiger partial charge on any atom is 0.306 e. The molecule has 0 heterocycles. The molecule has 0 aromatic heterocycles. The number of benzene rings is 1. The molecule has 0 bridgehead atoms. The Morgan fingerprint density at radius 1 is 1.46 bits per heavy atom. The predicted octanol–water partition coefficient (Wildman–Crippen LogP) is 0.897. The molecule has 0 saturated carbocycles. The van der Waals surface area contributed by atoms with E-state index in [2.05, 4.69) is 4.18 Å². The van der Waals surface area contributed by atoms with E-state index in [4.69, 9.17) is 5.26 Å². The Labute approximate surface area is 76.5 Å². The predicted molar refractivity (Wildman–Crippen MR) is 46.6 cm³/mol. The van der Waals surface area contributed by atoms with E-state index in [1.54, 1.807) is 12.1 Å². The third kappa shape index (κ3) is 3.13. The molecule has 68 valence electrons. The summed E-state index contributed by atoms with van der Waals surface area (Å²) in [5.74, 6) is 0.154. The monoisotopic (exact) mass is 197 g/mol. The number of nitriles is 1. The first-order chi connectivity index (χ1) is 6.01. The van der Waals surface area contributed by atoms with E-state index in [0.717, 1.165) is 6.26 Å². The third-order valence-electron chi connectivity index (χ3n) is 1.21. The lowest BCUT2D eigenvalue weighted by Gasteiger charge is -2.01. The van der Waals surface area contributed by atoms with Crippen LogP contribution in [-0.4, -0.2) is 14.7 Å². The first-order valence-corrected chi connectivity index (χ1v) is 5.22. The Balaban J connectivity index is 2.99. The molecule has 1 rings (SSSR count). The lowest BCUT2D eigenvalue weighted by Crippen LogP contribution is -2.05. The molecule has 0 aliphatic heterocycles. The highest BCUT2D eigenvalue weighted by molar-refractivity contribution is 7.86. The highest BCUT2D eigenvalue weighted by Crippen LogP contribution is 2.13. The zero-order valence-electron chi connectivity index (χ0n) is 6.89. The summed E-state index contributed by atoms with van der Waals surface area (Å²) in [6.07, 6.45) is 0.950. The number of nitrogens with zero attached hydrogens (tertiary/aromatic N) is 1. The van der Waals surface area contributed by atoms with Crippen LogP contribution in [0, 0.1) is 11.3 Å². The second kappa shape index (κ2) is 3.46. The molecular formula is C8H7NO3S. The van der Waals surface area contributed by atoms with Crippen LogP contribution < -0.4 is 4.18 Å². The average Bonchev–Trinajstić information content (AvgIpc) is 2.01. The first kappa shape index (κ1) is 9.55. The van der Waals surface area contributed by atoms with Crippen molar-refractivity contribution in [3.63, 3.8) is 0 Å². The summed E-state index contributed by atoms with van der Waals surface area (Å²) in [5, 5.41) is 8.51. The van der Waals surface area contributed by atoms with Crippen LogP contribution in [0.2, 0.25) is 0 Å². The maximum absolute atomic E-state index is 10.7. The summed E-state index contributed by atoms with van der Waals surface area (Å²) in [4.78, 5) is 0. The van der Waals surface area contributed by atoms with Crippen LogP contribution in [0.4, 0.5) is 0 Å². The zero-order valence-corrected chi connectivity index (χ0v) is 7.71. The van der Waals surface area contributed by atoms with Crippen molar-refractivity contribution in [3.05, 3.63) is 29.8 Å². The molecule has 0 amide bonds. The number of rotatable bonds is 2. The average molecular weight is 197 g/mol. The van der Waals surface area contributed by atoms with Gasteiger partial charge in [-0.1, -0.05) is 6.07 Å². The van der Waals surface area contributed by atoms with Gasteiger partial charge in [-0.25, -0.2) is 0 Å². The molecule has 0 unspecified atom stereocenters. The standard InChI is InChI=1S/C8H7NO3S/c1-13(10,11)12-8-4-2-3-7(5-8)6-9/h2-5H,1H3. The van der Waals surface area contributed by atoms with Crippen LogP contribution in [-0.2, 0) is 10.1 Å². The van der Waals surface area contributed by atoms with Crippen molar-refractivity contribution < 1.29 is 12.6 Å². The second-order valence-electron chi connectivity index (χ2n) is 2.43. The van der Waals surface area contributed by atoms with Crippen molar-refractivity contribution in [2.45, 2.75) is 0 Å². The van der Waals surface area contributed by atoms with Gasteiger partial charge < -0.3 is 4.18 Å². The Morgan fingerprint density at radius 3 is 2.69 bits per heavy atom. The summed E-state index contributed by atoms with van der Waals surface area (Å²) >= 11 is 0. The smallest absolute Gasteiger partial charge is 0.306 e. The quantitative estimate of drug-likeness (QED) is 0.660. The van der Waals surface area contributed by atoms with Crippen LogP contribution in [0.5, 0.6) is 5.75 Å². The summed E-state index contributed by atoms with van der Waals surface area (Å²) in [5.41, 5.74) is 0.362. The van der Waals surface area contributed by atoms with Crippen molar-refractivity contribution >= 4 is 10.1 Å². The summed E-state index contributed by atoms with van der Waals surface area (Å²) in [6, 6.07) is 7.83. The number of hydrogen-bond acceptors (Lipinski definition) is 4. The molecule has 0 saturated heterocycles. The fraction of sp³-hybridized carbons (Fsp3) is 0.125. The Bertz CT molecular complexity index is 445. The minimum atomic E-state index is -3.51. The van der Waals surface area contributed by atoms with Crippen LogP contribution in [0.1, 0.15) is 5.56 Å². The molecule has 5 heteroatoms. The Morgan fingerprint density at radius 2 is 2.15 bits per heavy atom. The van der Waals surface area contributed by atoms with Crippen molar-refractivity contribution in [2.24, 2.45) is 0 Å². The molecule has 0 aliphatic carbocycles. The van der Waals surface area contributed by atoms with E-state index in [-0.39, 0.29) is 5.75 Å². The summed E-state index contributed by atoms with van der Waals surface area (Å²) < 4.78 is 26.0. The van der Waals surface area contributed by atoms with Gasteiger partial charge in [0.25, 0.3) is 0 Å². The van der Waals surface area contributed by atoms with Gasteiger partial charge in [0, 0.05) is 0 Å². The SMILES string of the molecule is CS(=O)(=O)Oc1cccc(C#N)c1. The molecule has 0 spiro atoms. The van der Waals surface area contributed by atoms with Gasteiger partial charge in [0.15, 0.2) is 0 Å². The van der Waals surface area contributed by atoms with Crippen LogP contribution in [0.15, 0.2) is 24.3 Å². The molecule has 1 aromatic rings. The van der Waals surface area contributed by atoms with Gasteiger partial charge in [-0.2, -0.15) is 13.7 Å². The third-order valence-corrected chi connectivity index (χ3v) is 1.71. The van der Waals surface area contributed by atoms with Gasteiger partial charge in [-0.15, -0.1) is 0 Å². The van der Waals surface area contributed by atoms with Crippen LogP contribution in [0.3, 0.4) is 0 Å². The van der Waals surface area contributed by atoms with Gasteiger partial charge >= 0.3 is 10.1 Å². The molecule has 0 atom stereocenters. The van der Waals surface area contributed by atoms with E-state index >= 15 is 0 Å². The molecule has 4 nitrogen and oxygen atoms in total. The normalized spacial score (nSPS) is 10.5.